The van der Waals surface area contributed by atoms with E-state index in [1.165, 1.54) is 114 Å². The Bertz CT molecular complexity index is 627. The monoisotopic (exact) mass is 406 g/mol. The summed E-state index contributed by atoms with van der Waals surface area (Å²) in [6.07, 6.45) is 22.6. The Labute approximate surface area is 187 Å². The minimum absolute atomic E-state index is 0.635. The Morgan fingerprint density at radius 2 is 1.33 bits per heavy atom. The summed E-state index contributed by atoms with van der Waals surface area (Å²) in [5, 5.41) is 0. The van der Waals surface area contributed by atoms with Crippen molar-refractivity contribution in [3.8, 4) is 11.8 Å². The fraction of sp³-hybridized carbons (Fsp3) is 0.733. The molecule has 0 saturated heterocycles. The van der Waals surface area contributed by atoms with Crippen LogP contribution in [0.4, 0.5) is 0 Å². The Morgan fingerprint density at radius 3 is 1.97 bits per heavy atom. The van der Waals surface area contributed by atoms with Crippen molar-refractivity contribution in [1.82, 2.24) is 0 Å². The molecule has 1 aromatic rings. The first kappa shape index (κ1) is 23.4. The first-order valence-electron chi connectivity index (χ1n) is 13.4. The molecular weight excluding hydrogens is 360 g/mol. The van der Waals surface area contributed by atoms with E-state index in [1.807, 2.05) is 0 Å². The third-order valence-corrected chi connectivity index (χ3v) is 7.99. The summed E-state index contributed by atoms with van der Waals surface area (Å²) in [4.78, 5) is 0. The second-order valence-corrected chi connectivity index (χ2v) is 10.3. The highest BCUT2D eigenvalue weighted by Gasteiger charge is 2.30. The van der Waals surface area contributed by atoms with E-state index in [0.717, 1.165) is 17.8 Å². The van der Waals surface area contributed by atoms with E-state index in [1.54, 1.807) is 0 Å². The maximum absolute atomic E-state index is 3.61. The van der Waals surface area contributed by atoms with Gasteiger partial charge in [0.1, 0.15) is 0 Å². The van der Waals surface area contributed by atoms with E-state index >= 15 is 0 Å². The molecule has 0 radical (unpaired) electrons. The standard InChI is InChI=1S/C30H46/c1-3-5-7-8-10-26-17-21-29(22-18-26)30-23-19-28(20-24-30)16-15-27-13-11-25(12-14-27)9-6-4-2/h11-14,26,28-30H,3-10,17-24H2,1-2H3/t26-,28?,29-,30?. The number of aryl methyl sites for hydroxylation is 1. The maximum Gasteiger partial charge on any atom is 0.0245 e. The lowest BCUT2D eigenvalue weighted by atomic mass is 9.69. The zero-order valence-corrected chi connectivity index (χ0v) is 19.9. The van der Waals surface area contributed by atoms with Gasteiger partial charge in [-0.05, 0) is 86.8 Å². The van der Waals surface area contributed by atoms with Crippen molar-refractivity contribution in [2.24, 2.45) is 23.7 Å². The second-order valence-electron chi connectivity index (χ2n) is 10.3. The smallest absolute Gasteiger partial charge is 0.0245 e. The Morgan fingerprint density at radius 1 is 0.700 bits per heavy atom. The minimum Gasteiger partial charge on any atom is -0.0945 e. The van der Waals surface area contributed by atoms with Gasteiger partial charge in [-0.15, -0.1) is 0 Å². The molecule has 0 amide bonds. The quantitative estimate of drug-likeness (QED) is 0.283. The van der Waals surface area contributed by atoms with Crippen molar-refractivity contribution in [2.75, 3.05) is 0 Å². The second kappa shape index (κ2) is 13.2. The van der Waals surface area contributed by atoms with E-state index < -0.39 is 0 Å². The van der Waals surface area contributed by atoms with Gasteiger partial charge in [0.15, 0.2) is 0 Å². The van der Waals surface area contributed by atoms with Gasteiger partial charge in [-0.3, -0.25) is 0 Å². The number of hydrogen-bond acceptors (Lipinski definition) is 0. The summed E-state index contributed by atoms with van der Waals surface area (Å²) in [7, 11) is 0. The highest BCUT2D eigenvalue weighted by molar-refractivity contribution is 5.36. The SMILES string of the molecule is CCCCCC[C@H]1CC[C@H](C2CCC(C#Cc3ccc(CCCC)cc3)CC2)CC1. The minimum atomic E-state index is 0.635. The van der Waals surface area contributed by atoms with Crippen molar-refractivity contribution in [3.05, 3.63) is 35.4 Å². The molecule has 0 bridgehead atoms. The van der Waals surface area contributed by atoms with Gasteiger partial charge in [0.2, 0.25) is 0 Å². The van der Waals surface area contributed by atoms with Gasteiger partial charge in [-0.25, -0.2) is 0 Å². The molecule has 2 aliphatic rings. The van der Waals surface area contributed by atoms with Gasteiger partial charge in [-0.1, -0.05) is 89.2 Å². The fourth-order valence-corrected chi connectivity index (χ4v) is 5.86. The molecular formula is C30H46. The average Bonchev–Trinajstić information content (AvgIpc) is 2.81. The van der Waals surface area contributed by atoms with Crippen molar-refractivity contribution in [3.63, 3.8) is 0 Å². The van der Waals surface area contributed by atoms with Gasteiger partial charge >= 0.3 is 0 Å². The third-order valence-electron chi connectivity index (χ3n) is 7.99. The number of rotatable bonds is 9. The van der Waals surface area contributed by atoms with Crippen molar-refractivity contribution in [2.45, 2.75) is 117 Å². The first-order chi connectivity index (χ1) is 14.8. The number of benzene rings is 1. The lowest BCUT2D eigenvalue weighted by Crippen LogP contribution is -2.25. The van der Waals surface area contributed by atoms with Crippen LogP contribution in [-0.2, 0) is 6.42 Å². The molecule has 0 spiro atoms. The molecule has 0 N–H and O–H groups in total. The van der Waals surface area contributed by atoms with Gasteiger partial charge in [0.05, 0.1) is 0 Å². The van der Waals surface area contributed by atoms with E-state index in [9.17, 15) is 0 Å². The molecule has 0 atom stereocenters. The number of unbranched alkanes of at least 4 members (excludes halogenated alkanes) is 4. The zero-order valence-electron chi connectivity index (χ0n) is 19.9. The molecule has 166 valence electrons. The molecule has 0 heteroatoms. The summed E-state index contributed by atoms with van der Waals surface area (Å²) < 4.78 is 0. The molecule has 0 nitrogen and oxygen atoms in total. The molecule has 0 heterocycles. The topological polar surface area (TPSA) is 0 Å². The predicted octanol–water partition coefficient (Wildman–Crippen LogP) is 8.96. The van der Waals surface area contributed by atoms with Crippen LogP contribution in [0, 0.1) is 35.5 Å². The van der Waals surface area contributed by atoms with Gasteiger partial charge in [0, 0.05) is 11.5 Å². The molecule has 1 aromatic carbocycles. The normalized spacial score (nSPS) is 26.7. The molecule has 2 aliphatic carbocycles. The van der Waals surface area contributed by atoms with Crippen LogP contribution >= 0.6 is 0 Å². The van der Waals surface area contributed by atoms with Crippen LogP contribution in [0.2, 0.25) is 0 Å². The lowest BCUT2D eigenvalue weighted by molar-refractivity contribution is 0.153. The molecule has 30 heavy (non-hydrogen) atoms. The van der Waals surface area contributed by atoms with Crippen molar-refractivity contribution >= 4 is 0 Å². The Kier molecular flexibility index (Phi) is 10.4. The Balaban J connectivity index is 1.35. The van der Waals surface area contributed by atoms with Gasteiger partial charge in [0.25, 0.3) is 0 Å². The molecule has 2 saturated carbocycles. The van der Waals surface area contributed by atoms with Crippen LogP contribution in [0.5, 0.6) is 0 Å². The van der Waals surface area contributed by atoms with E-state index in [2.05, 4.69) is 50.0 Å². The summed E-state index contributed by atoms with van der Waals surface area (Å²) >= 11 is 0. The summed E-state index contributed by atoms with van der Waals surface area (Å²) in [6, 6.07) is 9.00. The van der Waals surface area contributed by atoms with Gasteiger partial charge < -0.3 is 0 Å². The molecule has 3 rings (SSSR count). The van der Waals surface area contributed by atoms with Crippen LogP contribution in [0.3, 0.4) is 0 Å². The average molecular weight is 407 g/mol. The fourth-order valence-electron chi connectivity index (χ4n) is 5.86. The van der Waals surface area contributed by atoms with Crippen LogP contribution in [0.15, 0.2) is 24.3 Å². The summed E-state index contributed by atoms with van der Waals surface area (Å²) in [5.41, 5.74) is 2.66. The highest BCUT2D eigenvalue weighted by atomic mass is 14.4. The zero-order chi connectivity index (χ0) is 21.0. The maximum atomic E-state index is 3.61. The van der Waals surface area contributed by atoms with Crippen LogP contribution in [0.1, 0.15) is 121 Å². The molecule has 0 aromatic heterocycles. The van der Waals surface area contributed by atoms with Crippen LogP contribution in [-0.4, -0.2) is 0 Å². The van der Waals surface area contributed by atoms with Crippen molar-refractivity contribution < 1.29 is 0 Å². The van der Waals surface area contributed by atoms with Crippen LogP contribution in [0.25, 0.3) is 0 Å². The number of hydrogen-bond donors (Lipinski definition) is 0. The van der Waals surface area contributed by atoms with Crippen LogP contribution < -0.4 is 0 Å². The third kappa shape index (κ3) is 7.80. The highest BCUT2D eigenvalue weighted by Crippen LogP contribution is 2.42. The lowest BCUT2D eigenvalue weighted by Gasteiger charge is -2.37. The van der Waals surface area contributed by atoms with E-state index in [4.69, 9.17) is 0 Å². The first-order valence-corrected chi connectivity index (χ1v) is 13.4. The summed E-state index contributed by atoms with van der Waals surface area (Å²) in [6.45, 7) is 4.58. The summed E-state index contributed by atoms with van der Waals surface area (Å²) in [5.74, 6) is 10.8. The largest absolute Gasteiger partial charge is 0.0945 e. The van der Waals surface area contributed by atoms with Crippen molar-refractivity contribution in [1.29, 1.82) is 0 Å². The molecule has 0 aliphatic heterocycles. The van der Waals surface area contributed by atoms with E-state index in [-0.39, 0.29) is 0 Å². The molecule has 0 unspecified atom stereocenters. The van der Waals surface area contributed by atoms with Gasteiger partial charge in [-0.2, -0.15) is 0 Å². The van der Waals surface area contributed by atoms with E-state index in [0.29, 0.717) is 5.92 Å². The predicted molar refractivity (Wildman–Crippen MR) is 132 cm³/mol. The molecule has 2 fully saturated rings. The Hall–Kier alpha value is -1.22.